The minimum absolute atomic E-state index is 0.220. The van der Waals surface area contributed by atoms with Gasteiger partial charge >= 0.3 is 0 Å². The summed E-state index contributed by atoms with van der Waals surface area (Å²) < 4.78 is 0. The third kappa shape index (κ3) is 2.59. The lowest BCUT2D eigenvalue weighted by atomic mass is 10.1. The van der Waals surface area contributed by atoms with Crippen molar-refractivity contribution in [3.8, 4) is 0 Å². The Balaban J connectivity index is 1.64. The van der Waals surface area contributed by atoms with E-state index in [0.29, 0.717) is 0 Å². The molecule has 0 saturated heterocycles. The second kappa shape index (κ2) is 5.45. The molecule has 2 nitrogen and oxygen atoms in total. The summed E-state index contributed by atoms with van der Waals surface area (Å²) in [6, 6.07) is 12.7. The number of thiophene rings is 1. The summed E-state index contributed by atoms with van der Waals surface area (Å²) in [4.78, 5) is 3.71. The van der Waals surface area contributed by atoms with Gasteiger partial charge in [-0.15, -0.1) is 11.3 Å². The highest BCUT2D eigenvalue weighted by atomic mass is 32.1. The number of likely N-dealkylation sites (N-methyl/N-ethyl adjacent to an activating group) is 1. The van der Waals surface area contributed by atoms with Gasteiger partial charge in [-0.25, -0.2) is 0 Å². The normalized spacial score (nSPS) is 21.8. The number of benzene rings is 1. The first-order chi connectivity index (χ1) is 9.25. The molecule has 0 amide bonds. The first-order valence-electron chi connectivity index (χ1n) is 6.74. The zero-order chi connectivity index (χ0) is 13.2. The lowest BCUT2D eigenvalue weighted by Crippen LogP contribution is -2.36. The van der Waals surface area contributed by atoms with E-state index in [-0.39, 0.29) is 12.1 Å². The van der Waals surface area contributed by atoms with Crippen molar-refractivity contribution in [2.24, 2.45) is 0 Å². The van der Waals surface area contributed by atoms with Crippen molar-refractivity contribution >= 4 is 11.3 Å². The van der Waals surface area contributed by atoms with Crippen LogP contribution in [0.25, 0.3) is 0 Å². The predicted octanol–water partition coefficient (Wildman–Crippen LogP) is 2.88. The van der Waals surface area contributed by atoms with Gasteiger partial charge in [0.1, 0.15) is 0 Å². The van der Waals surface area contributed by atoms with Crippen molar-refractivity contribution in [1.82, 2.24) is 4.90 Å². The maximum absolute atomic E-state index is 10.4. The highest BCUT2D eigenvalue weighted by Crippen LogP contribution is 2.33. The van der Waals surface area contributed by atoms with Crippen LogP contribution in [-0.4, -0.2) is 29.6 Å². The molecule has 3 rings (SSSR count). The molecule has 2 atom stereocenters. The monoisotopic (exact) mass is 273 g/mol. The molecular weight excluding hydrogens is 254 g/mol. The van der Waals surface area contributed by atoms with Gasteiger partial charge in [-0.2, -0.15) is 0 Å². The van der Waals surface area contributed by atoms with E-state index in [1.807, 2.05) is 12.1 Å². The van der Waals surface area contributed by atoms with E-state index in [0.717, 1.165) is 24.9 Å². The minimum atomic E-state index is -0.343. The molecule has 0 radical (unpaired) electrons. The topological polar surface area (TPSA) is 23.5 Å². The van der Waals surface area contributed by atoms with Crippen molar-refractivity contribution in [1.29, 1.82) is 0 Å². The SMILES string of the molecule is CN(CCc1cccs1)[C@@H]1Cc2ccccc2[C@H]1O. The van der Waals surface area contributed by atoms with Crippen molar-refractivity contribution in [3.63, 3.8) is 0 Å². The molecule has 19 heavy (non-hydrogen) atoms. The fourth-order valence-corrected chi connectivity index (χ4v) is 3.56. The van der Waals surface area contributed by atoms with Crippen LogP contribution in [0.3, 0.4) is 0 Å². The Hall–Kier alpha value is -1.16. The third-order valence-corrected chi connectivity index (χ3v) is 4.96. The molecule has 0 unspecified atom stereocenters. The van der Waals surface area contributed by atoms with Crippen LogP contribution in [0.5, 0.6) is 0 Å². The predicted molar refractivity (Wildman–Crippen MR) is 79.5 cm³/mol. The Bertz CT molecular complexity index is 537. The van der Waals surface area contributed by atoms with E-state index < -0.39 is 0 Å². The first-order valence-corrected chi connectivity index (χ1v) is 7.62. The molecule has 1 aliphatic carbocycles. The average Bonchev–Trinajstić information content (AvgIpc) is 3.05. The molecule has 0 saturated carbocycles. The quantitative estimate of drug-likeness (QED) is 0.926. The number of hydrogen-bond donors (Lipinski definition) is 1. The summed E-state index contributed by atoms with van der Waals surface area (Å²) in [5.74, 6) is 0. The minimum Gasteiger partial charge on any atom is -0.387 e. The summed E-state index contributed by atoms with van der Waals surface area (Å²) >= 11 is 1.81. The van der Waals surface area contributed by atoms with Crippen LogP contribution in [0, 0.1) is 0 Å². The second-order valence-corrected chi connectivity index (χ2v) is 6.26. The van der Waals surface area contributed by atoms with E-state index in [1.54, 1.807) is 11.3 Å². The van der Waals surface area contributed by atoms with Gasteiger partial charge in [-0.1, -0.05) is 30.3 Å². The van der Waals surface area contributed by atoms with Gasteiger partial charge in [0.15, 0.2) is 0 Å². The van der Waals surface area contributed by atoms with Gasteiger partial charge in [-0.3, -0.25) is 4.90 Å². The fourth-order valence-electron chi connectivity index (χ4n) is 2.86. The van der Waals surface area contributed by atoms with Crippen LogP contribution >= 0.6 is 11.3 Å². The summed E-state index contributed by atoms with van der Waals surface area (Å²) in [6.45, 7) is 0.996. The maximum atomic E-state index is 10.4. The molecule has 2 aromatic rings. The first kappa shape index (κ1) is 12.9. The number of nitrogens with zero attached hydrogens (tertiary/aromatic N) is 1. The van der Waals surface area contributed by atoms with Crippen LogP contribution in [0.2, 0.25) is 0 Å². The highest BCUT2D eigenvalue weighted by Gasteiger charge is 2.32. The lowest BCUT2D eigenvalue weighted by Gasteiger charge is -2.27. The molecule has 1 heterocycles. The van der Waals surface area contributed by atoms with Crippen LogP contribution in [0.1, 0.15) is 22.1 Å². The molecule has 0 bridgehead atoms. The molecule has 1 N–H and O–H groups in total. The zero-order valence-corrected chi connectivity index (χ0v) is 11.9. The van der Waals surface area contributed by atoms with Gasteiger partial charge < -0.3 is 5.11 Å². The summed E-state index contributed by atoms with van der Waals surface area (Å²) in [5, 5.41) is 12.6. The largest absolute Gasteiger partial charge is 0.387 e. The van der Waals surface area contributed by atoms with E-state index in [4.69, 9.17) is 0 Å². The summed E-state index contributed by atoms with van der Waals surface area (Å²) in [6.07, 6.45) is 1.68. The molecule has 100 valence electrons. The Morgan fingerprint density at radius 3 is 2.84 bits per heavy atom. The lowest BCUT2D eigenvalue weighted by molar-refractivity contribution is 0.0768. The van der Waals surface area contributed by atoms with Crippen LogP contribution < -0.4 is 0 Å². The van der Waals surface area contributed by atoms with Crippen molar-refractivity contribution in [3.05, 3.63) is 57.8 Å². The number of aliphatic hydroxyl groups is 1. The summed E-state index contributed by atoms with van der Waals surface area (Å²) in [5.41, 5.74) is 2.40. The Morgan fingerprint density at radius 2 is 2.11 bits per heavy atom. The van der Waals surface area contributed by atoms with Gasteiger partial charge in [0.2, 0.25) is 0 Å². The van der Waals surface area contributed by atoms with Crippen LogP contribution in [0.4, 0.5) is 0 Å². The number of fused-ring (bicyclic) bond motifs is 1. The van der Waals surface area contributed by atoms with Gasteiger partial charge in [-0.05, 0) is 42.5 Å². The van der Waals surface area contributed by atoms with Crippen molar-refractivity contribution in [2.45, 2.75) is 25.0 Å². The molecular formula is C16H19NOS. The Morgan fingerprint density at radius 1 is 1.26 bits per heavy atom. The molecule has 1 aromatic carbocycles. The molecule has 0 fully saturated rings. The molecule has 3 heteroatoms. The second-order valence-electron chi connectivity index (χ2n) is 5.23. The smallest absolute Gasteiger partial charge is 0.0950 e. The van der Waals surface area contributed by atoms with Crippen molar-refractivity contribution in [2.75, 3.05) is 13.6 Å². The summed E-state index contributed by atoms with van der Waals surface area (Å²) in [7, 11) is 2.12. The van der Waals surface area contributed by atoms with E-state index in [2.05, 4.69) is 41.6 Å². The molecule has 1 aliphatic rings. The zero-order valence-electron chi connectivity index (χ0n) is 11.1. The number of aliphatic hydroxyl groups excluding tert-OH is 1. The Labute approximate surface area is 118 Å². The van der Waals surface area contributed by atoms with Crippen LogP contribution in [-0.2, 0) is 12.8 Å². The standard InChI is InChI=1S/C16H19NOS/c1-17(9-8-13-6-4-10-19-13)15-11-12-5-2-3-7-14(12)16(15)18/h2-7,10,15-16,18H,8-9,11H2,1H3/t15-,16-/m1/s1. The van der Waals surface area contributed by atoms with Crippen LogP contribution in [0.15, 0.2) is 41.8 Å². The highest BCUT2D eigenvalue weighted by molar-refractivity contribution is 7.09. The number of rotatable bonds is 4. The Kier molecular flexibility index (Phi) is 3.69. The van der Waals surface area contributed by atoms with Gasteiger partial charge in [0, 0.05) is 17.5 Å². The molecule has 1 aromatic heterocycles. The van der Waals surface area contributed by atoms with Gasteiger partial charge in [0.25, 0.3) is 0 Å². The average molecular weight is 273 g/mol. The van der Waals surface area contributed by atoms with Gasteiger partial charge in [0.05, 0.1) is 6.10 Å². The maximum Gasteiger partial charge on any atom is 0.0950 e. The number of hydrogen-bond acceptors (Lipinski definition) is 3. The molecule has 0 spiro atoms. The van der Waals surface area contributed by atoms with E-state index in [1.165, 1.54) is 10.4 Å². The van der Waals surface area contributed by atoms with Crippen molar-refractivity contribution < 1.29 is 5.11 Å². The fraction of sp³-hybridized carbons (Fsp3) is 0.375. The third-order valence-electron chi connectivity index (χ3n) is 4.02. The van der Waals surface area contributed by atoms with E-state index in [9.17, 15) is 5.11 Å². The molecule has 0 aliphatic heterocycles. The van der Waals surface area contributed by atoms with E-state index >= 15 is 0 Å².